The van der Waals surface area contributed by atoms with Crippen LogP contribution in [-0.4, -0.2) is 0 Å². The summed E-state index contributed by atoms with van der Waals surface area (Å²) < 4.78 is 0. The average Bonchev–Trinajstić information content (AvgIpc) is 1.65. The minimum atomic E-state index is 0.620. The van der Waals surface area contributed by atoms with E-state index < -0.39 is 0 Å². The van der Waals surface area contributed by atoms with Crippen LogP contribution in [0.25, 0.3) is 0 Å². The fraction of sp³-hybridized carbons (Fsp3) is 0. The molecule has 0 heterocycles. The highest BCUT2D eigenvalue weighted by atomic mass is 13.7. The summed E-state index contributed by atoms with van der Waals surface area (Å²) in [5.74, 6) is 0. The van der Waals surface area contributed by atoms with Crippen molar-refractivity contribution in [1.82, 2.24) is 0 Å². The predicted molar refractivity (Wildman–Crippen MR) is 26.9 cm³/mol. The number of hydrogen-bond acceptors (Lipinski definition) is 0. The molecule has 0 unspecified atom stereocenters. The second kappa shape index (κ2) is 2.46. The molecule has 0 N–H and O–H groups in total. The van der Waals surface area contributed by atoms with Gasteiger partial charge in [0.05, 0.1) is 0 Å². The van der Waals surface area contributed by atoms with Crippen molar-refractivity contribution < 1.29 is 0 Å². The number of hydrogen-bond donors (Lipinski definition) is 0. The normalized spacial score (nSPS) is 6.67. The first-order chi connectivity index (χ1) is 2.81. The largest absolute Gasteiger partial charge is 0.0906 e. The molecule has 0 spiro atoms. The quantitative estimate of drug-likeness (QED) is 0.439. The molecule has 0 bridgehead atoms. The Labute approximate surface area is 38.5 Å². The molecule has 6 heavy (non-hydrogen) atoms. The van der Waals surface area contributed by atoms with E-state index in [1.54, 1.807) is 0 Å². The third-order valence-corrected chi connectivity index (χ3v) is 0.427. The first kappa shape index (κ1) is 5.22. The highest BCUT2D eigenvalue weighted by molar-refractivity contribution is 5.11. The van der Waals surface area contributed by atoms with E-state index in [4.69, 9.17) is 0 Å². The Hall–Kier alpha value is -0.780. The molecule has 0 atom stereocenters. The SMILES string of the molecule is C=[C]C(=C)[C]=C. The molecular formula is C6H6. The van der Waals surface area contributed by atoms with Crippen LogP contribution < -0.4 is 0 Å². The van der Waals surface area contributed by atoms with Crippen LogP contribution in [0, 0.1) is 12.2 Å². The second-order valence-corrected chi connectivity index (χ2v) is 0.832. The summed E-state index contributed by atoms with van der Waals surface area (Å²) in [4.78, 5) is 0. The molecular weight excluding hydrogens is 72.1 g/mol. The van der Waals surface area contributed by atoms with Crippen molar-refractivity contribution in [3.63, 3.8) is 0 Å². The summed E-state index contributed by atoms with van der Waals surface area (Å²) in [7, 11) is 0. The average molecular weight is 78.1 g/mol. The van der Waals surface area contributed by atoms with Crippen molar-refractivity contribution in [2.45, 2.75) is 0 Å². The first-order valence-corrected chi connectivity index (χ1v) is 1.56. The zero-order valence-electron chi connectivity index (χ0n) is 3.62. The first-order valence-electron chi connectivity index (χ1n) is 1.56. The summed E-state index contributed by atoms with van der Waals surface area (Å²) in [5.41, 5.74) is 0.620. The topological polar surface area (TPSA) is 0 Å². The molecule has 0 saturated heterocycles. The highest BCUT2D eigenvalue weighted by Crippen LogP contribution is 1.83. The van der Waals surface area contributed by atoms with Gasteiger partial charge in [0.1, 0.15) is 0 Å². The molecule has 2 radical (unpaired) electrons. The minimum Gasteiger partial charge on any atom is -0.0906 e. The lowest BCUT2D eigenvalue weighted by molar-refractivity contribution is 1.68. The Morgan fingerprint density at radius 3 is 1.50 bits per heavy atom. The van der Waals surface area contributed by atoms with Gasteiger partial charge in [0.15, 0.2) is 0 Å². The van der Waals surface area contributed by atoms with E-state index in [0.29, 0.717) is 5.57 Å². The lowest BCUT2D eigenvalue weighted by Crippen LogP contribution is -1.58. The molecule has 0 amide bonds. The third kappa shape index (κ3) is 1.53. The molecule has 0 aliphatic rings. The maximum absolute atomic E-state index is 3.44. The molecule has 30 valence electrons. The van der Waals surface area contributed by atoms with Crippen LogP contribution in [0.4, 0.5) is 0 Å². The van der Waals surface area contributed by atoms with Gasteiger partial charge in [-0.2, -0.15) is 0 Å². The van der Waals surface area contributed by atoms with Gasteiger partial charge in [0.25, 0.3) is 0 Å². The van der Waals surface area contributed by atoms with E-state index >= 15 is 0 Å². The van der Waals surface area contributed by atoms with Crippen molar-refractivity contribution in [2.75, 3.05) is 0 Å². The van der Waals surface area contributed by atoms with Gasteiger partial charge in [0.2, 0.25) is 0 Å². The lowest BCUT2D eigenvalue weighted by atomic mass is 10.3. The Balaban J connectivity index is 3.52. The van der Waals surface area contributed by atoms with Crippen LogP contribution >= 0.6 is 0 Å². The third-order valence-electron chi connectivity index (χ3n) is 0.427. The molecule has 0 heteroatoms. The van der Waals surface area contributed by atoms with Gasteiger partial charge in [-0.25, -0.2) is 0 Å². The van der Waals surface area contributed by atoms with Crippen molar-refractivity contribution in [1.29, 1.82) is 0 Å². The zero-order valence-corrected chi connectivity index (χ0v) is 3.62. The molecule has 0 rings (SSSR count). The minimum absolute atomic E-state index is 0.620. The van der Waals surface area contributed by atoms with E-state index in [2.05, 4.69) is 31.9 Å². The summed E-state index contributed by atoms with van der Waals surface area (Å²) in [5, 5.41) is 0. The molecule has 0 nitrogen and oxygen atoms in total. The smallest absolute Gasteiger partial charge is 0.0183 e. The summed E-state index contributed by atoms with van der Waals surface area (Å²) in [6.07, 6.45) is 4.99. The van der Waals surface area contributed by atoms with E-state index in [9.17, 15) is 0 Å². The predicted octanol–water partition coefficient (Wildman–Crippen LogP) is 1.52. The highest BCUT2D eigenvalue weighted by Gasteiger charge is 1.68. The van der Waals surface area contributed by atoms with Gasteiger partial charge in [-0.1, -0.05) is 19.7 Å². The molecule has 0 aromatic carbocycles. The molecule has 0 saturated carbocycles. The van der Waals surface area contributed by atoms with E-state index in [1.165, 1.54) is 0 Å². The molecule has 0 fully saturated rings. The Morgan fingerprint density at radius 1 is 1.17 bits per heavy atom. The number of rotatable bonds is 2. The van der Waals surface area contributed by atoms with Crippen LogP contribution in [-0.2, 0) is 0 Å². The van der Waals surface area contributed by atoms with Crippen molar-refractivity contribution >= 4 is 0 Å². The van der Waals surface area contributed by atoms with Crippen LogP contribution in [0.5, 0.6) is 0 Å². The van der Waals surface area contributed by atoms with E-state index in [0.717, 1.165) is 0 Å². The van der Waals surface area contributed by atoms with Crippen LogP contribution in [0.3, 0.4) is 0 Å². The zero-order chi connectivity index (χ0) is 4.99. The Bertz CT molecular complexity index is 68.0. The fourth-order valence-corrected chi connectivity index (χ4v) is 0.0625. The van der Waals surface area contributed by atoms with E-state index in [-0.39, 0.29) is 0 Å². The van der Waals surface area contributed by atoms with Crippen LogP contribution in [0.1, 0.15) is 0 Å². The van der Waals surface area contributed by atoms with Crippen LogP contribution in [0.2, 0.25) is 0 Å². The summed E-state index contributed by atoms with van der Waals surface area (Å²) in [6.45, 7) is 10.1. The summed E-state index contributed by atoms with van der Waals surface area (Å²) in [6, 6.07) is 0. The van der Waals surface area contributed by atoms with Crippen molar-refractivity contribution in [2.24, 2.45) is 0 Å². The van der Waals surface area contributed by atoms with Gasteiger partial charge < -0.3 is 0 Å². The molecule has 0 aromatic rings. The maximum Gasteiger partial charge on any atom is -0.0183 e. The van der Waals surface area contributed by atoms with Gasteiger partial charge in [0, 0.05) is 0 Å². The van der Waals surface area contributed by atoms with Gasteiger partial charge in [-0.3, -0.25) is 0 Å². The Morgan fingerprint density at radius 2 is 1.50 bits per heavy atom. The molecule has 0 aliphatic carbocycles. The van der Waals surface area contributed by atoms with Gasteiger partial charge >= 0.3 is 0 Å². The molecule has 0 aliphatic heterocycles. The standard InChI is InChI=1S/C6H6/c1-4-6(3)5-2/h1-3H2. The monoisotopic (exact) mass is 78.0 g/mol. The van der Waals surface area contributed by atoms with Gasteiger partial charge in [-0.05, 0) is 17.7 Å². The van der Waals surface area contributed by atoms with Gasteiger partial charge in [-0.15, -0.1) is 0 Å². The van der Waals surface area contributed by atoms with Crippen molar-refractivity contribution in [3.8, 4) is 0 Å². The second-order valence-electron chi connectivity index (χ2n) is 0.832. The van der Waals surface area contributed by atoms with Crippen LogP contribution in [0.15, 0.2) is 25.3 Å². The summed E-state index contributed by atoms with van der Waals surface area (Å²) >= 11 is 0. The molecule has 0 aromatic heterocycles. The van der Waals surface area contributed by atoms with E-state index in [1.807, 2.05) is 0 Å². The lowest BCUT2D eigenvalue weighted by Gasteiger charge is -1.74. The van der Waals surface area contributed by atoms with Crippen molar-refractivity contribution in [3.05, 3.63) is 37.5 Å². The maximum atomic E-state index is 3.44. The number of allylic oxidation sites excluding steroid dienone is 3. The fourth-order valence-electron chi connectivity index (χ4n) is 0.0625. The Kier molecular flexibility index (Phi) is 2.14.